The normalized spacial score (nSPS) is 12.8. The monoisotopic (exact) mass is 557 g/mol. The minimum atomic E-state index is -0.210. The van der Waals surface area contributed by atoms with Crippen molar-refractivity contribution in [1.29, 1.82) is 0 Å². The lowest BCUT2D eigenvalue weighted by Gasteiger charge is -2.24. The maximum atomic E-state index is 13.3. The van der Waals surface area contributed by atoms with Gasteiger partial charge < -0.3 is 4.90 Å². The lowest BCUT2D eigenvalue weighted by molar-refractivity contribution is 0.0990. The molecule has 7 aromatic rings. The molecule has 1 aliphatic rings. The van der Waals surface area contributed by atoms with Crippen molar-refractivity contribution < 1.29 is 9.59 Å². The van der Waals surface area contributed by atoms with Crippen LogP contribution in [0.1, 0.15) is 26.3 Å². The van der Waals surface area contributed by atoms with Crippen LogP contribution >= 0.6 is 11.3 Å². The van der Waals surface area contributed by atoms with Crippen molar-refractivity contribution in [2.45, 2.75) is 0 Å². The van der Waals surface area contributed by atoms with Gasteiger partial charge in [0.1, 0.15) is 0 Å². The van der Waals surface area contributed by atoms with Gasteiger partial charge >= 0.3 is 0 Å². The van der Waals surface area contributed by atoms with Crippen molar-refractivity contribution in [3.05, 3.63) is 155 Å². The van der Waals surface area contributed by atoms with Crippen LogP contribution in [0.4, 0.5) is 16.4 Å². The van der Waals surface area contributed by atoms with E-state index in [4.69, 9.17) is 0 Å². The summed E-state index contributed by atoms with van der Waals surface area (Å²) < 4.78 is 0. The quantitative estimate of drug-likeness (QED) is 0.160. The Hall–Kier alpha value is -5.32. The summed E-state index contributed by atoms with van der Waals surface area (Å²) in [7, 11) is 0. The lowest BCUT2D eigenvalue weighted by atomic mass is 10.0. The van der Waals surface area contributed by atoms with Crippen LogP contribution in [-0.4, -0.2) is 11.6 Å². The van der Waals surface area contributed by atoms with Gasteiger partial charge in [-0.3, -0.25) is 9.59 Å². The SMILES string of the molecule is O=C1C(=Cc2ccc3cc(N(c4ccc5ccccc5c4)c4cccs4)ccc3c2)C(=O)c2cc3ccccc3cc21. The molecule has 1 aliphatic carbocycles. The zero-order chi connectivity index (χ0) is 28.2. The highest BCUT2D eigenvalue weighted by atomic mass is 32.1. The molecule has 42 heavy (non-hydrogen) atoms. The number of carbonyl (C=O) groups is 2. The van der Waals surface area contributed by atoms with E-state index in [1.165, 1.54) is 10.8 Å². The number of rotatable bonds is 4. The molecule has 0 fully saturated rings. The fraction of sp³-hybridized carbons (Fsp3) is 0. The predicted molar refractivity (Wildman–Crippen MR) is 175 cm³/mol. The molecule has 0 atom stereocenters. The number of Topliss-reactive ketones (excluding diaryl/α,β-unsaturated/α-hetero) is 2. The van der Waals surface area contributed by atoms with Crippen LogP contribution < -0.4 is 4.90 Å². The number of carbonyl (C=O) groups excluding carboxylic acids is 2. The van der Waals surface area contributed by atoms with E-state index in [1.54, 1.807) is 17.4 Å². The smallest absolute Gasteiger partial charge is 0.197 e. The van der Waals surface area contributed by atoms with Gasteiger partial charge in [0.2, 0.25) is 0 Å². The molecule has 1 aromatic heterocycles. The predicted octanol–water partition coefficient (Wildman–Crippen LogP) is 10.1. The molecular weight excluding hydrogens is 534 g/mol. The molecule has 0 bridgehead atoms. The molecule has 6 aromatic carbocycles. The number of hydrogen-bond acceptors (Lipinski definition) is 4. The van der Waals surface area contributed by atoms with Gasteiger partial charge in [-0.1, -0.05) is 72.8 Å². The third-order valence-corrected chi connectivity index (χ3v) is 8.85. The number of ketones is 2. The number of hydrogen-bond donors (Lipinski definition) is 0. The molecule has 0 N–H and O–H groups in total. The first-order valence-corrected chi connectivity index (χ1v) is 14.7. The Morgan fingerprint density at radius 2 is 1.02 bits per heavy atom. The van der Waals surface area contributed by atoms with E-state index in [0.717, 1.165) is 43.5 Å². The molecule has 3 nitrogen and oxygen atoms in total. The van der Waals surface area contributed by atoms with Gasteiger partial charge in [-0.25, -0.2) is 0 Å². The Morgan fingerprint density at radius 1 is 0.500 bits per heavy atom. The van der Waals surface area contributed by atoms with Crippen molar-refractivity contribution >= 4 is 77.7 Å². The number of nitrogens with zero attached hydrogens (tertiary/aromatic N) is 1. The largest absolute Gasteiger partial charge is 0.302 e. The van der Waals surface area contributed by atoms with E-state index in [2.05, 4.69) is 89.1 Å². The number of allylic oxidation sites excluding steroid dienone is 1. The van der Waals surface area contributed by atoms with E-state index >= 15 is 0 Å². The molecule has 0 saturated carbocycles. The molecule has 0 amide bonds. The van der Waals surface area contributed by atoms with E-state index in [0.29, 0.717) is 11.1 Å². The van der Waals surface area contributed by atoms with E-state index in [1.807, 2.05) is 48.5 Å². The maximum absolute atomic E-state index is 13.3. The maximum Gasteiger partial charge on any atom is 0.197 e. The third-order valence-electron chi connectivity index (χ3n) is 8.00. The Bertz CT molecular complexity index is 2190. The minimum Gasteiger partial charge on any atom is -0.302 e. The fourth-order valence-electron chi connectivity index (χ4n) is 5.90. The van der Waals surface area contributed by atoms with Gasteiger partial charge in [0.05, 0.1) is 10.6 Å². The second kappa shape index (κ2) is 9.65. The van der Waals surface area contributed by atoms with Gasteiger partial charge in [0, 0.05) is 22.5 Å². The van der Waals surface area contributed by atoms with Crippen LogP contribution in [0.2, 0.25) is 0 Å². The number of thiophene rings is 1. The summed E-state index contributed by atoms with van der Waals surface area (Å²) in [6.07, 6.45) is 1.73. The molecule has 8 rings (SSSR count). The second-order valence-corrected chi connectivity index (χ2v) is 11.5. The van der Waals surface area contributed by atoms with E-state index < -0.39 is 0 Å². The van der Waals surface area contributed by atoms with Crippen LogP contribution in [0.3, 0.4) is 0 Å². The summed E-state index contributed by atoms with van der Waals surface area (Å²) in [5.74, 6) is -0.420. The highest BCUT2D eigenvalue weighted by Crippen LogP contribution is 2.40. The number of fused-ring (bicyclic) bond motifs is 4. The molecule has 0 unspecified atom stereocenters. The van der Waals surface area contributed by atoms with Gasteiger partial charge in [0.15, 0.2) is 11.6 Å². The zero-order valence-electron chi connectivity index (χ0n) is 22.5. The molecular formula is C38H23NO2S. The highest BCUT2D eigenvalue weighted by Gasteiger charge is 2.33. The zero-order valence-corrected chi connectivity index (χ0v) is 23.3. The van der Waals surface area contributed by atoms with Crippen molar-refractivity contribution in [2.24, 2.45) is 0 Å². The summed E-state index contributed by atoms with van der Waals surface area (Å²) in [6, 6.07) is 43.1. The van der Waals surface area contributed by atoms with Crippen molar-refractivity contribution in [2.75, 3.05) is 4.90 Å². The topological polar surface area (TPSA) is 37.4 Å². The first kappa shape index (κ1) is 24.5. The van der Waals surface area contributed by atoms with Crippen molar-refractivity contribution in [3.63, 3.8) is 0 Å². The van der Waals surface area contributed by atoms with Crippen LogP contribution in [-0.2, 0) is 0 Å². The minimum absolute atomic E-state index is 0.210. The summed E-state index contributed by atoms with van der Waals surface area (Å²) in [4.78, 5) is 28.8. The summed E-state index contributed by atoms with van der Waals surface area (Å²) in [5, 5.41) is 9.67. The standard InChI is InChI=1S/C38H23NO2S/c40-37-33-22-27-8-3-4-9-28(27)23-34(33)38(41)35(37)19-24-11-12-30-21-32(16-14-29(30)18-24)39(36-10-5-17-42-36)31-15-13-25-6-1-2-7-26(25)20-31/h1-23H. The van der Waals surface area contributed by atoms with Crippen LogP contribution in [0.25, 0.3) is 38.4 Å². The molecule has 0 spiro atoms. The van der Waals surface area contributed by atoms with Gasteiger partial charge in [0.25, 0.3) is 0 Å². The summed E-state index contributed by atoms with van der Waals surface area (Å²) in [6.45, 7) is 0. The molecule has 1 heterocycles. The van der Waals surface area contributed by atoms with Crippen LogP contribution in [0, 0.1) is 0 Å². The molecule has 0 saturated heterocycles. The number of anilines is 3. The van der Waals surface area contributed by atoms with Gasteiger partial charge in [-0.2, -0.15) is 0 Å². The fourth-order valence-corrected chi connectivity index (χ4v) is 6.67. The Balaban J connectivity index is 1.17. The van der Waals surface area contributed by atoms with Crippen molar-refractivity contribution in [3.8, 4) is 0 Å². The van der Waals surface area contributed by atoms with Crippen LogP contribution in [0.15, 0.2) is 138 Å². The van der Waals surface area contributed by atoms with Gasteiger partial charge in [-0.05, 0) is 104 Å². The van der Waals surface area contributed by atoms with Crippen molar-refractivity contribution in [1.82, 2.24) is 0 Å². The summed E-state index contributed by atoms with van der Waals surface area (Å²) in [5.41, 5.74) is 4.18. The Kier molecular flexibility index (Phi) is 5.62. The third kappa shape index (κ3) is 4.04. The molecule has 0 radical (unpaired) electrons. The second-order valence-electron chi connectivity index (χ2n) is 10.6. The highest BCUT2D eigenvalue weighted by molar-refractivity contribution is 7.14. The van der Waals surface area contributed by atoms with Gasteiger partial charge in [-0.15, -0.1) is 11.3 Å². The first-order chi connectivity index (χ1) is 20.6. The van der Waals surface area contributed by atoms with E-state index in [9.17, 15) is 9.59 Å². The Labute approximate surface area is 246 Å². The van der Waals surface area contributed by atoms with E-state index in [-0.39, 0.29) is 17.1 Å². The molecule has 198 valence electrons. The number of benzene rings is 6. The first-order valence-electron chi connectivity index (χ1n) is 13.8. The molecule has 4 heteroatoms. The molecule has 0 aliphatic heterocycles. The van der Waals surface area contributed by atoms with Crippen LogP contribution in [0.5, 0.6) is 0 Å². The summed E-state index contributed by atoms with van der Waals surface area (Å²) >= 11 is 1.70. The lowest BCUT2D eigenvalue weighted by Crippen LogP contribution is -2.08. The Morgan fingerprint density at radius 3 is 1.64 bits per heavy atom. The average Bonchev–Trinajstić information content (AvgIpc) is 3.63. The average molecular weight is 558 g/mol.